The number of carbonyl (C=O) groups is 2. The van der Waals surface area contributed by atoms with Gasteiger partial charge in [0.1, 0.15) is 5.75 Å². The Bertz CT molecular complexity index is 2280. The summed E-state index contributed by atoms with van der Waals surface area (Å²) in [7, 11) is 5.01. The van der Waals surface area contributed by atoms with E-state index >= 15 is 0 Å². The van der Waals surface area contributed by atoms with E-state index in [0.29, 0.717) is 71.6 Å². The first kappa shape index (κ1) is 36.4. The van der Waals surface area contributed by atoms with Gasteiger partial charge in [0.15, 0.2) is 23.0 Å². The quantitative estimate of drug-likeness (QED) is 0.131. The van der Waals surface area contributed by atoms with Crippen LogP contribution < -0.4 is 24.3 Å². The second kappa shape index (κ2) is 15.7. The molecule has 0 aromatic heterocycles. The van der Waals surface area contributed by atoms with Gasteiger partial charge in [0.2, 0.25) is 0 Å². The highest BCUT2D eigenvalue weighted by Gasteiger charge is 2.35. The number of aromatic hydroxyl groups is 1. The van der Waals surface area contributed by atoms with Crippen LogP contribution in [0.2, 0.25) is 0 Å². The number of hydrogen-bond donors (Lipinski definition) is 2. The molecule has 2 N–H and O–H groups in total. The van der Waals surface area contributed by atoms with Crippen molar-refractivity contribution >= 4 is 52.5 Å². The minimum absolute atomic E-state index is 0.128. The van der Waals surface area contributed by atoms with Gasteiger partial charge < -0.3 is 39.2 Å². The molecular weight excluding hydrogens is 711 g/mol. The summed E-state index contributed by atoms with van der Waals surface area (Å²) >= 11 is 0. The number of nitrogens with zero attached hydrogens (tertiary/aromatic N) is 4. The molecule has 8 rings (SSSR count). The fourth-order valence-corrected chi connectivity index (χ4v) is 7.41. The summed E-state index contributed by atoms with van der Waals surface area (Å²) in [6, 6.07) is 21.7. The van der Waals surface area contributed by atoms with Gasteiger partial charge in [-0.05, 0) is 77.9 Å². The van der Waals surface area contributed by atoms with Crippen molar-refractivity contribution in [3.05, 3.63) is 107 Å². The smallest absolute Gasteiger partial charge is 0.260 e. The molecule has 0 saturated heterocycles. The van der Waals surface area contributed by atoms with Gasteiger partial charge in [-0.15, -0.1) is 0 Å². The Morgan fingerprint density at radius 3 is 1.57 bits per heavy atom. The molecule has 0 spiro atoms. The van der Waals surface area contributed by atoms with Crippen LogP contribution in [0, 0.1) is 0 Å². The number of anilines is 1. The van der Waals surface area contributed by atoms with Gasteiger partial charge in [-0.25, -0.2) is 0 Å². The lowest BCUT2D eigenvalue weighted by Gasteiger charge is -2.19. The molecule has 0 saturated carbocycles. The number of rotatable bonds is 13. The zero-order chi connectivity index (χ0) is 38.8. The number of ether oxygens (including phenoxy) is 4. The third kappa shape index (κ3) is 7.17. The van der Waals surface area contributed by atoms with Crippen molar-refractivity contribution in [3.8, 4) is 28.7 Å². The first-order valence-electron chi connectivity index (χ1n) is 18.8. The van der Waals surface area contributed by atoms with Crippen molar-refractivity contribution in [2.45, 2.75) is 44.2 Å². The standard InChI is InChI=1S/C44H43N5O7/c1-45-31-11-7-27(8-12-31)29-17-32-23-46-37-21-41(39(53-2)19-35(37)43(51)48(32)25-29)55-15-5-4-6-16-56-42-22-38-36(20-40(42)54-3)44(52)49-26-30(18-33(49)24-47-38)28-9-13-34(50)14-10-28/h7-14,19-26,32-33,45,50H,4-6,15-18H2,1-3H3. The molecule has 0 fully saturated rings. The number of amides is 2. The Balaban J connectivity index is 0.849. The molecule has 12 heteroatoms. The molecular formula is C44H43N5O7. The second-order valence-corrected chi connectivity index (χ2v) is 14.0. The number of phenolic OH excluding ortho intramolecular Hbond substituents is 1. The predicted octanol–water partition coefficient (Wildman–Crippen LogP) is 8.02. The predicted molar refractivity (Wildman–Crippen MR) is 216 cm³/mol. The molecule has 0 aliphatic carbocycles. The summed E-state index contributed by atoms with van der Waals surface area (Å²) < 4.78 is 23.6. The largest absolute Gasteiger partial charge is 0.508 e. The Hall–Kier alpha value is -6.56. The summed E-state index contributed by atoms with van der Waals surface area (Å²) in [5.74, 6) is 1.90. The molecule has 2 amide bonds. The number of benzene rings is 4. The van der Waals surface area contributed by atoms with E-state index in [1.165, 1.54) is 0 Å². The van der Waals surface area contributed by atoms with Crippen molar-refractivity contribution in [3.63, 3.8) is 0 Å². The van der Waals surface area contributed by atoms with Crippen molar-refractivity contribution in [2.75, 3.05) is 39.8 Å². The first-order chi connectivity index (χ1) is 27.3. The summed E-state index contributed by atoms with van der Waals surface area (Å²) in [4.78, 5) is 40.2. The number of phenols is 1. The SMILES string of the molecule is CNc1ccc(C2=CN3C(=O)c4cc(OC)c(OCCCCCOc5cc6c(cc5OC)C(=O)N5C=C(c7ccc(O)cc7)CC5C=N6)cc4N=CC3C2)cc1. The third-order valence-corrected chi connectivity index (χ3v) is 10.5. The Morgan fingerprint density at radius 1 is 0.661 bits per heavy atom. The normalized spacial score (nSPS) is 17.9. The lowest BCUT2D eigenvalue weighted by Crippen LogP contribution is -2.32. The Morgan fingerprint density at radius 2 is 1.12 bits per heavy atom. The molecule has 4 aliphatic heterocycles. The molecule has 4 aromatic rings. The van der Waals surface area contributed by atoms with Crippen LogP contribution in [-0.4, -0.2) is 85.7 Å². The van der Waals surface area contributed by atoms with Gasteiger partial charge in [-0.3, -0.25) is 19.6 Å². The van der Waals surface area contributed by atoms with E-state index in [4.69, 9.17) is 23.9 Å². The van der Waals surface area contributed by atoms with Gasteiger partial charge in [0.05, 0.1) is 62.0 Å². The summed E-state index contributed by atoms with van der Waals surface area (Å²) in [6.45, 7) is 0.883. The molecule has 2 atom stereocenters. The van der Waals surface area contributed by atoms with E-state index in [-0.39, 0.29) is 29.6 Å². The van der Waals surface area contributed by atoms with Crippen LogP contribution in [0.3, 0.4) is 0 Å². The van der Waals surface area contributed by atoms with Crippen LogP contribution in [0.4, 0.5) is 17.1 Å². The number of fused-ring (bicyclic) bond motifs is 4. The Labute approximate surface area is 325 Å². The number of aliphatic imine (C=N–C) groups is 2. The van der Waals surface area contributed by atoms with E-state index in [1.54, 1.807) is 66.6 Å². The summed E-state index contributed by atoms with van der Waals surface area (Å²) in [5, 5.41) is 12.8. The zero-order valence-electron chi connectivity index (χ0n) is 31.5. The molecule has 12 nitrogen and oxygen atoms in total. The molecule has 286 valence electrons. The van der Waals surface area contributed by atoms with Gasteiger partial charge >= 0.3 is 0 Å². The second-order valence-electron chi connectivity index (χ2n) is 14.0. The average molecular weight is 754 g/mol. The van der Waals surface area contributed by atoms with Crippen LogP contribution in [0.25, 0.3) is 11.1 Å². The number of unbranched alkanes of at least 4 members (excludes halogenated alkanes) is 2. The lowest BCUT2D eigenvalue weighted by atomic mass is 10.0. The number of hydrogen-bond acceptors (Lipinski definition) is 10. The van der Waals surface area contributed by atoms with Gasteiger partial charge in [0, 0.05) is 62.5 Å². The molecule has 0 bridgehead atoms. The number of nitrogens with one attached hydrogen (secondary N) is 1. The maximum atomic E-state index is 13.7. The monoisotopic (exact) mass is 753 g/mol. The van der Waals surface area contributed by atoms with Crippen LogP contribution in [0.1, 0.15) is 63.9 Å². The van der Waals surface area contributed by atoms with Crippen LogP contribution in [-0.2, 0) is 0 Å². The van der Waals surface area contributed by atoms with Gasteiger partial charge in [-0.2, -0.15) is 0 Å². The molecule has 2 unspecified atom stereocenters. The number of carbonyl (C=O) groups excluding carboxylic acids is 2. The highest BCUT2D eigenvalue weighted by Crippen LogP contribution is 2.42. The van der Waals surface area contributed by atoms with Crippen molar-refractivity contribution in [2.24, 2.45) is 9.98 Å². The molecule has 4 heterocycles. The maximum absolute atomic E-state index is 13.7. The maximum Gasteiger partial charge on any atom is 0.260 e. The van der Waals surface area contributed by atoms with E-state index in [9.17, 15) is 14.7 Å². The van der Waals surface area contributed by atoms with Crippen molar-refractivity contribution in [1.82, 2.24) is 9.80 Å². The summed E-state index contributed by atoms with van der Waals surface area (Å²) in [5.41, 5.74) is 7.14. The van der Waals surface area contributed by atoms with Gasteiger partial charge in [-0.1, -0.05) is 24.3 Å². The van der Waals surface area contributed by atoms with E-state index in [2.05, 4.69) is 22.4 Å². The molecule has 4 aromatic carbocycles. The summed E-state index contributed by atoms with van der Waals surface area (Å²) in [6.07, 6.45) is 11.1. The topological polar surface area (TPSA) is 135 Å². The van der Waals surface area contributed by atoms with Crippen molar-refractivity contribution in [1.29, 1.82) is 0 Å². The first-order valence-corrected chi connectivity index (χ1v) is 18.8. The third-order valence-electron chi connectivity index (χ3n) is 10.5. The van der Waals surface area contributed by atoms with E-state index in [0.717, 1.165) is 47.2 Å². The molecule has 0 radical (unpaired) electrons. The average Bonchev–Trinajstić information content (AvgIpc) is 3.80. The van der Waals surface area contributed by atoms with Crippen molar-refractivity contribution < 1.29 is 33.6 Å². The molecule has 56 heavy (non-hydrogen) atoms. The fraction of sp³-hybridized carbons (Fsp3) is 0.273. The highest BCUT2D eigenvalue weighted by atomic mass is 16.5. The van der Waals surface area contributed by atoms with Crippen LogP contribution in [0.15, 0.2) is 95.2 Å². The minimum Gasteiger partial charge on any atom is -0.508 e. The van der Waals surface area contributed by atoms with E-state index < -0.39 is 0 Å². The lowest BCUT2D eigenvalue weighted by molar-refractivity contribution is 0.0809. The van der Waals surface area contributed by atoms with Crippen LogP contribution in [0.5, 0.6) is 28.7 Å². The fourth-order valence-electron chi connectivity index (χ4n) is 7.41. The number of methoxy groups -OCH3 is 2. The zero-order valence-corrected chi connectivity index (χ0v) is 31.5. The highest BCUT2D eigenvalue weighted by molar-refractivity contribution is 6.06. The Kier molecular flexibility index (Phi) is 10.2. The molecule has 4 aliphatic rings. The van der Waals surface area contributed by atoms with Crippen LogP contribution >= 0.6 is 0 Å². The van der Waals surface area contributed by atoms with E-state index in [1.807, 2.05) is 49.9 Å². The minimum atomic E-state index is -0.214. The van der Waals surface area contributed by atoms with Gasteiger partial charge in [0.25, 0.3) is 11.8 Å².